The van der Waals surface area contributed by atoms with Crippen LogP contribution in [0.2, 0.25) is 0 Å². The van der Waals surface area contributed by atoms with E-state index in [1.807, 2.05) is 0 Å². The maximum Gasteiger partial charge on any atom is 0.377 e. The largest absolute Gasteiger partial charge is 0.377 e. The minimum absolute atomic E-state index is 0.195. The van der Waals surface area contributed by atoms with Crippen LogP contribution in [-0.4, -0.2) is 26.9 Å². The normalized spacial score (nSPS) is 10.2. The van der Waals surface area contributed by atoms with Gasteiger partial charge in [0.1, 0.15) is 5.69 Å². The van der Waals surface area contributed by atoms with Crippen LogP contribution in [0.1, 0.15) is 10.5 Å². The fourth-order valence-corrected chi connectivity index (χ4v) is 2.69. The van der Waals surface area contributed by atoms with E-state index in [2.05, 4.69) is 36.2 Å². The summed E-state index contributed by atoms with van der Waals surface area (Å²) >= 11 is 1.27. The van der Waals surface area contributed by atoms with Gasteiger partial charge in [0, 0.05) is 12.4 Å². The second kappa shape index (κ2) is 6.75. The van der Waals surface area contributed by atoms with Crippen LogP contribution in [0.3, 0.4) is 0 Å². The lowest BCUT2D eigenvalue weighted by Crippen LogP contribution is -2.25. The fraction of sp³-hybridized carbons (Fsp3) is 0. The SMILES string of the molecule is N=NC(=O)NNc1ccc2nc(NC(=O)c3cnccn3)sc2c1. The number of carbonyl (C=O) groups is 2. The molecule has 120 valence electrons. The lowest BCUT2D eigenvalue weighted by molar-refractivity contribution is 0.102. The highest BCUT2D eigenvalue weighted by Gasteiger charge is 2.11. The van der Waals surface area contributed by atoms with E-state index in [0.717, 1.165) is 4.70 Å². The Balaban J connectivity index is 1.75. The summed E-state index contributed by atoms with van der Waals surface area (Å²) in [5.74, 6) is -0.398. The molecule has 0 saturated heterocycles. The lowest BCUT2D eigenvalue weighted by Gasteiger charge is -2.04. The van der Waals surface area contributed by atoms with Gasteiger partial charge in [0.2, 0.25) is 0 Å². The Morgan fingerprint density at radius 3 is 2.88 bits per heavy atom. The van der Waals surface area contributed by atoms with E-state index in [-0.39, 0.29) is 5.69 Å². The van der Waals surface area contributed by atoms with Gasteiger partial charge in [-0.2, -0.15) is 5.53 Å². The van der Waals surface area contributed by atoms with Crippen LogP contribution in [0.4, 0.5) is 15.6 Å². The Bertz CT molecular complexity index is 911. The number of nitrogens with zero attached hydrogens (tertiary/aromatic N) is 4. The van der Waals surface area contributed by atoms with Crippen molar-refractivity contribution in [3.8, 4) is 0 Å². The highest BCUT2D eigenvalue weighted by Crippen LogP contribution is 2.28. The average Bonchev–Trinajstić information content (AvgIpc) is 3.01. The minimum Gasteiger partial charge on any atom is -0.297 e. The summed E-state index contributed by atoms with van der Waals surface area (Å²) in [6.07, 6.45) is 4.28. The van der Waals surface area contributed by atoms with E-state index in [9.17, 15) is 9.59 Å². The number of hydrogen-bond donors (Lipinski definition) is 4. The van der Waals surface area contributed by atoms with Gasteiger partial charge < -0.3 is 0 Å². The Morgan fingerprint density at radius 2 is 2.12 bits per heavy atom. The molecule has 4 N–H and O–H groups in total. The van der Waals surface area contributed by atoms with Crippen molar-refractivity contribution >= 4 is 44.3 Å². The molecule has 0 aliphatic carbocycles. The Morgan fingerprint density at radius 1 is 1.25 bits per heavy atom. The van der Waals surface area contributed by atoms with Crippen molar-refractivity contribution in [3.05, 3.63) is 42.5 Å². The number of fused-ring (bicyclic) bond motifs is 1. The molecule has 0 aliphatic rings. The summed E-state index contributed by atoms with van der Waals surface area (Å²) < 4.78 is 0.798. The van der Waals surface area contributed by atoms with Crippen LogP contribution in [0.5, 0.6) is 0 Å². The Kier molecular flexibility index (Phi) is 4.34. The second-order valence-corrected chi connectivity index (χ2v) is 5.44. The first-order valence-corrected chi connectivity index (χ1v) is 7.39. The van der Waals surface area contributed by atoms with Crippen LogP contribution in [0, 0.1) is 5.53 Å². The van der Waals surface area contributed by atoms with E-state index < -0.39 is 11.9 Å². The number of amides is 3. The molecule has 2 aromatic heterocycles. The number of urea groups is 1. The first kappa shape index (κ1) is 15.4. The van der Waals surface area contributed by atoms with Crippen molar-refractivity contribution in [1.82, 2.24) is 20.4 Å². The third-order valence-electron chi connectivity index (χ3n) is 2.82. The summed E-state index contributed by atoms with van der Waals surface area (Å²) in [7, 11) is 0. The number of rotatable bonds is 4. The van der Waals surface area contributed by atoms with Crippen molar-refractivity contribution < 1.29 is 9.59 Å². The molecule has 1 aromatic carbocycles. The van der Waals surface area contributed by atoms with Crippen LogP contribution in [0.25, 0.3) is 10.2 Å². The molecule has 0 aliphatic heterocycles. The topological polar surface area (TPSA) is 145 Å². The number of aromatic nitrogens is 3. The molecule has 24 heavy (non-hydrogen) atoms. The molecule has 2 heterocycles. The molecule has 0 unspecified atom stereocenters. The predicted molar refractivity (Wildman–Crippen MR) is 86.9 cm³/mol. The van der Waals surface area contributed by atoms with Crippen molar-refractivity contribution in [3.63, 3.8) is 0 Å². The Hall–Kier alpha value is -3.47. The van der Waals surface area contributed by atoms with Gasteiger partial charge in [-0.3, -0.25) is 20.5 Å². The second-order valence-electron chi connectivity index (χ2n) is 4.41. The fourth-order valence-electron chi connectivity index (χ4n) is 1.79. The molecule has 0 saturated carbocycles. The number of carbonyl (C=O) groups excluding carboxylic acids is 2. The van der Waals surface area contributed by atoms with Gasteiger partial charge in [-0.05, 0) is 18.2 Å². The van der Waals surface area contributed by atoms with E-state index in [1.54, 1.807) is 18.2 Å². The van der Waals surface area contributed by atoms with Crippen LogP contribution < -0.4 is 16.2 Å². The molecule has 0 atom stereocenters. The zero-order chi connectivity index (χ0) is 16.9. The average molecular weight is 342 g/mol. The number of nitrogens with one attached hydrogen (secondary N) is 4. The van der Waals surface area contributed by atoms with Crippen molar-refractivity contribution in [1.29, 1.82) is 5.53 Å². The smallest absolute Gasteiger partial charge is 0.297 e. The standard InChI is InChI=1S/C13H10N8O2S/c14-19-12(23)21-20-7-1-2-8-10(5-7)24-13(17-8)18-11(22)9-6-15-3-4-16-9/h1-6,14,20H,(H,21,23)(H,17,18,22). The van der Waals surface area contributed by atoms with Crippen molar-refractivity contribution in [2.75, 3.05) is 10.7 Å². The summed E-state index contributed by atoms with van der Waals surface area (Å²) in [4.78, 5) is 35.0. The van der Waals surface area contributed by atoms with Crippen LogP contribution in [0.15, 0.2) is 41.9 Å². The third-order valence-corrected chi connectivity index (χ3v) is 3.75. The quantitative estimate of drug-likeness (QED) is 0.423. The van der Waals surface area contributed by atoms with Crippen molar-refractivity contribution in [2.45, 2.75) is 0 Å². The zero-order valence-corrected chi connectivity index (χ0v) is 12.8. The van der Waals surface area contributed by atoms with Gasteiger partial charge >= 0.3 is 6.03 Å². The molecule has 11 heteroatoms. The number of anilines is 2. The van der Waals surface area contributed by atoms with E-state index in [0.29, 0.717) is 16.3 Å². The molecular formula is C13H10N8O2S. The third kappa shape index (κ3) is 3.47. The lowest BCUT2D eigenvalue weighted by atomic mass is 10.3. The number of thiazole rings is 1. The molecule has 0 spiro atoms. The molecule has 0 fully saturated rings. The zero-order valence-electron chi connectivity index (χ0n) is 12.0. The summed E-state index contributed by atoms with van der Waals surface area (Å²) in [5, 5.41) is 5.78. The van der Waals surface area contributed by atoms with Gasteiger partial charge in [-0.1, -0.05) is 16.5 Å². The number of benzene rings is 1. The first-order valence-electron chi connectivity index (χ1n) is 6.57. The molecule has 3 aromatic rings. The maximum absolute atomic E-state index is 12.0. The Labute approximate surface area is 138 Å². The number of hydrazine groups is 1. The summed E-state index contributed by atoms with van der Waals surface area (Å²) in [6.45, 7) is 0. The highest BCUT2D eigenvalue weighted by atomic mass is 32.1. The molecule has 3 amide bonds. The monoisotopic (exact) mass is 342 g/mol. The van der Waals surface area contributed by atoms with E-state index in [4.69, 9.17) is 5.53 Å². The molecule has 3 rings (SSSR count). The maximum atomic E-state index is 12.0. The van der Waals surface area contributed by atoms with Gasteiger partial charge in [-0.15, -0.1) is 0 Å². The molecule has 10 nitrogen and oxygen atoms in total. The van der Waals surface area contributed by atoms with Gasteiger partial charge in [0.25, 0.3) is 5.91 Å². The number of hydrogen-bond acceptors (Lipinski definition) is 8. The molecule has 0 radical (unpaired) electrons. The highest BCUT2D eigenvalue weighted by molar-refractivity contribution is 7.22. The van der Waals surface area contributed by atoms with Crippen LogP contribution in [-0.2, 0) is 0 Å². The van der Waals surface area contributed by atoms with Gasteiger partial charge in [0.05, 0.1) is 22.1 Å². The van der Waals surface area contributed by atoms with Crippen LogP contribution >= 0.6 is 11.3 Å². The van der Waals surface area contributed by atoms with Gasteiger partial charge in [0.15, 0.2) is 5.13 Å². The summed E-state index contributed by atoms with van der Waals surface area (Å²) in [6, 6.07) is 4.36. The van der Waals surface area contributed by atoms with E-state index >= 15 is 0 Å². The predicted octanol–water partition coefficient (Wildman–Crippen LogP) is 2.41. The van der Waals surface area contributed by atoms with Crippen molar-refractivity contribution in [2.24, 2.45) is 5.11 Å². The summed E-state index contributed by atoms with van der Waals surface area (Å²) in [5.41, 5.74) is 12.9. The van der Waals surface area contributed by atoms with Gasteiger partial charge in [-0.25, -0.2) is 20.2 Å². The van der Waals surface area contributed by atoms with E-state index in [1.165, 1.54) is 29.9 Å². The molecular weight excluding hydrogens is 332 g/mol. The minimum atomic E-state index is -0.809. The first-order chi connectivity index (χ1) is 11.7. The molecule has 0 bridgehead atoms.